The SMILES string of the molecule is C[C@@H]1CCCC[C@@H]1NC(=O)CO/N=C\c1ccc(C(C)(C)C)cc1. The highest BCUT2D eigenvalue weighted by Crippen LogP contribution is 2.23. The van der Waals surface area contributed by atoms with E-state index in [4.69, 9.17) is 4.84 Å². The van der Waals surface area contributed by atoms with Gasteiger partial charge < -0.3 is 10.2 Å². The van der Waals surface area contributed by atoms with Crippen molar-refractivity contribution in [2.24, 2.45) is 11.1 Å². The second-order valence-corrected chi connectivity index (χ2v) is 7.82. The van der Waals surface area contributed by atoms with Crippen LogP contribution in [0.25, 0.3) is 0 Å². The molecule has 0 saturated heterocycles. The molecular weight excluding hydrogens is 300 g/mol. The molecule has 1 fully saturated rings. The molecule has 4 nitrogen and oxygen atoms in total. The van der Waals surface area contributed by atoms with Crippen molar-refractivity contribution < 1.29 is 9.63 Å². The van der Waals surface area contributed by atoms with Crippen LogP contribution in [0.1, 0.15) is 64.5 Å². The van der Waals surface area contributed by atoms with E-state index in [-0.39, 0.29) is 24.0 Å². The molecule has 1 saturated carbocycles. The highest BCUT2D eigenvalue weighted by molar-refractivity contribution is 5.80. The number of nitrogens with zero attached hydrogens (tertiary/aromatic N) is 1. The lowest BCUT2D eigenvalue weighted by atomic mass is 9.86. The molecule has 1 aromatic carbocycles. The zero-order valence-corrected chi connectivity index (χ0v) is 15.3. The molecule has 1 aromatic rings. The Morgan fingerprint density at radius 3 is 2.54 bits per heavy atom. The lowest BCUT2D eigenvalue weighted by Gasteiger charge is -2.29. The maximum Gasteiger partial charge on any atom is 0.261 e. The van der Waals surface area contributed by atoms with E-state index in [9.17, 15) is 4.79 Å². The number of hydrogen-bond acceptors (Lipinski definition) is 3. The molecule has 24 heavy (non-hydrogen) atoms. The number of carbonyl (C=O) groups excluding carboxylic acids is 1. The molecule has 1 N–H and O–H groups in total. The Morgan fingerprint density at radius 2 is 1.92 bits per heavy atom. The summed E-state index contributed by atoms with van der Waals surface area (Å²) in [4.78, 5) is 17.0. The molecule has 132 valence electrons. The third kappa shape index (κ3) is 5.66. The average Bonchev–Trinajstić information content (AvgIpc) is 2.53. The van der Waals surface area contributed by atoms with Gasteiger partial charge in [-0.1, -0.05) is 70.0 Å². The predicted octanol–water partition coefficient (Wildman–Crippen LogP) is 4.03. The fraction of sp³-hybridized carbons (Fsp3) is 0.600. The first kappa shape index (κ1) is 18.5. The molecule has 1 aliphatic rings. The largest absolute Gasteiger partial charge is 0.386 e. The second-order valence-electron chi connectivity index (χ2n) is 7.82. The Balaban J connectivity index is 1.74. The maximum atomic E-state index is 11.9. The normalized spacial score (nSPS) is 21.7. The highest BCUT2D eigenvalue weighted by atomic mass is 16.6. The van der Waals surface area contributed by atoms with Gasteiger partial charge in [0.05, 0.1) is 6.21 Å². The van der Waals surface area contributed by atoms with Gasteiger partial charge in [-0.25, -0.2) is 0 Å². The summed E-state index contributed by atoms with van der Waals surface area (Å²) in [6.07, 6.45) is 6.36. The molecule has 0 aliphatic heterocycles. The number of oxime groups is 1. The standard InChI is InChI=1S/C20H30N2O2/c1-15-7-5-6-8-18(15)22-19(23)14-24-21-13-16-9-11-17(12-10-16)20(2,3)4/h9-13,15,18H,5-8,14H2,1-4H3,(H,22,23)/b21-13-/t15-,18+/m1/s1. The Morgan fingerprint density at radius 1 is 1.25 bits per heavy atom. The summed E-state index contributed by atoms with van der Waals surface area (Å²) >= 11 is 0. The van der Waals surface area contributed by atoms with Crippen molar-refractivity contribution in [2.75, 3.05) is 6.61 Å². The number of nitrogens with one attached hydrogen (secondary N) is 1. The van der Waals surface area contributed by atoms with Gasteiger partial charge in [-0.15, -0.1) is 0 Å². The van der Waals surface area contributed by atoms with Crippen molar-refractivity contribution in [2.45, 2.75) is 64.8 Å². The number of rotatable bonds is 5. The molecule has 0 aromatic heterocycles. The quantitative estimate of drug-likeness (QED) is 0.654. The molecule has 1 amide bonds. The Kier molecular flexibility index (Phi) is 6.41. The maximum absolute atomic E-state index is 11.9. The van der Waals surface area contributed by atoms with Crippen molar-refractivity contribution in [1.82, 2.24) is 5.32 Å². The summed E-state index contributed by atoms with van der Waals surface area (Å²) < 4.78 is 0. The van der Waals surface area contributed by atoms with Crippen LogP contribution in [-0.4, -0.2) is 24.8 Å². The van der Waals surface area contributed by atoms with Gasteiger partial charge in [-0.3, -0.25) is 4.79 Å². The second kappa shape index (κ2) is 8.32. The molecule has 2 rings (SSSR count). The van der Waals surface area contributed by atoms with Gasteiger partial charge in [0.15, 0.2) is 6.61 Å². The van der Waals surface area contributed by atoms with Crippen LogP contribution in [0.3, 0.4) is 0 Å². The van der Waals surface area contributed by atoms with Gasteiger partial charge in [0.2, 0.25) is 0 Å². The van der Waals surface area contributed by atoms with Crippen molar-refractivity contribution in [3.8, 4) is 0 Å². The number of carbonyl (C=O) groups is 1. The number of benzene rings is 1. The van der Waals surface area contributed by atoms with Gasteiger partial charge in [-0.05, 0) is 35.3 Å². The Labute approximate surface area is 145 Å². The minimum atomic E-state index is -0.0889. The zero-order chi connectivity index (χ0) is 17.6. The topological polar surface area (TPSA) is 50.7 Å². The minimum Gasteiger partial charge on any atom is -0.386 e. The molecular formula is C20H30N2O2. The third-order valence-electron chi connectivity index (χ3n) is 4.71. The zero-order valence-electron chi connectivity index (χ0n) is 15.3. The third-order valence-corrected chi connectivity index (χ3v) is 4.71. The van der Waals surface area contributed by atoms with E-state index in [0.29, 0.717) is 5.92 Å². The van der Waals surface area contributed by atoms with Crippen LogP contribution in [0.2, 0.25) is 0 Å². The lowest BCUT2D eigenvalue weighted by Crippen LogP contribution is -2.42. The van der Waals surface area contributed by atoms with E-state index in [2.05, 4.69) is 50.3 Å². The summed E-state index contributed by atoms with van der Waals surface area (Å²) in [6.45, 7) is 8.73. The molecule has 2 atom stereocenters. The van der Waals surface area contributed by atoms with E-state index in [1.807, 2.05) is 12.1 Å². The van der Waals surface area contributed by atoms with Gasteiger partial charge in [0.1, 0.15) is 0 Å². The van der Waals surface area contributed by atoms with Crippen LogP contribution >= 0.6 is 0 Å². The van der Waals surface area contributed by atoms with E-state index in [1.165, 1.54) is 24.8 Å². The summed E-state index contributed by atoms with van der Waals surface area (Å²) in [5.41, 5.74) is 2.38. The summed E-state index contributed by atoms with van der Waals surface area (Å²) in [7, 11) is 0. The fourth-order valence-corrected chi connectivity index (χ4v) is 3.04. The Hall–Kier alpha value is -1.84. The molecule has 0 bridgehead atoms. The molecule has 0 radical (unpaired) electrons. The number of hydrogen-bond donors (Lipinski definition) is 1. The van der Waals surface area contributed by atoms with Crippen LogP contribution in [0.15, 0.2) is 29.4 Å². The van der Waals surface area contributed by atoms with Crippen molar-refractivity contribution in [3.05, 3.63) is 35.4 Å². The highest BCUT2D eigenvalue weighted by Gasteiger charge is 2.22. The summed E-state index contributed by atoms with van der Waals surface area (Å²) in [5.74, 6) is 0.460. The average molecular weight is 330 g/mol. The van der Waals surface area contributed by atoms with Crippen molar-refractivity contribution in [1.29, 1.82) is 0 Å². The van der Waals surface area contributed by atoms with Crippen LogP contribution in [-0.2, 0) is 15.0 Å². The van der Waals surface area contributed by atoms with Crippen molar-refractivity contribution in [3.63, 3.8) is 0 Å². The van der Waals surface area contributed by atoms with Crippen molar-refractivity contribution >= 4 is 12.1 Å². The fourth-order valence-electron chi connectivity index (χ4n) is 3.04. The minimum absolute atomic E-state index is 0.0280. The number of amides is 1. The first-order valence-electron chi connectivity index (χ1n) is 8.91. The first-order valence-corrected chi connectivity index (χ1v) is 8.91. The molecule has 0 heterocycles. The van der Waals surface area contributed by atoms with Crippen LogP contribution in [0.5, 0.6) is 0 Å². The van der Waals surface area contributed by atoms with Crippen LogP contribution in [0, 0.1) is 5.92 Å². The van der Waals surface area contributed by atoms with Gasteiger partial charge in [0, 0.05) is 6.04 Å². The predicted molar refractivity (Wildman–Crippen MR) is 98.3 cm³/mol. The van der Waals surface area contributed by atoms with Gasteiger partial charge >= 0.3 is 0 Å². The smallest absolute Gasteiger partial charge is 0.261 e. The van der Waals surface area contributed by atoms with E-state index in [1.54, 1.807) is 6.21 Å². The Bertz CT molecular complexity index is 558. The van der Waals surface area contributed by atoms with Crippen LogP contribution in [0.4, 0.5) is 0 Å². The summed E-state index contributed by atoms with van der Waals surface area (Å²) in [6, 6.07) is 8.50. The first-order chi connectivity index (χ1) is 11.4. The van der Waals surface area contributed by atoms with E-state index < -0.39 is 0 Å². The van der Waals surface area contributed by atoms with Gasteiger partial charge in [0.25, 0.3) is 5.91 Å². The monoisotopic (exact) mass is 330 g/mol. The lowest BCUT2D eigenvalue weighted by molar-refractivity contribution is -0.126. The molecule has 0 unspecified atom stereocenters. The summed E-state index contributed by atoms with van der Waals surface area (Å²) in [5, 5.41) is 6.95. The van der Waals surface area contributed by atoms with E-state index in [0.717, 1.165) is 12.0 Å². The van der Waals surface area contributed by atoms with Gasteiger partial charge in [-0.2, -0.15) is 0 Å². The van der Waals surface area contributed by atoms with Crippen LogP contribution < -0.4 is 5.32 Å². The van der Waals surface area contributed by atoms with E-state index >= 15 is 0 Å². The molecule has 1 aliphatic carbocycles. The molecule has 0 spiro atoms. The molecule has 4 heteroatoms.